The van der Waals surface area contributed by atoms with Crippen LogP contribution in [0, 0.1) is 0 Å². The number of amides is 3. The van der Waals surface area contributed by atoms with Gasteiger partial charge in [-0.15, -0.1) is 0 Å². The number of H-pyrrole nitrogens is 1. The highest BCUT2D eigenvalue weighted by Crippen LogP contribution is 2.20. The molecule has 0 spiro atoms. The number of nitrogens with one attached hydrogen (secondary N) is 5. The van der Waals surface area contributed by atoms with E-state index in [2.05, 4.69) is 26.3 Å². The molecule has 0 radical (unpaired) electrons. The van der Waals surface area contributed by atoms with Crippen LogP contribution < -0.4 is 21.3 Å². The number of hydrogen-bond acceptors (Lipinski definition) is 6. The third-order valence-corrected chi connectivity index (χ3v) is 6.85. The SMILES string of the molecule is CC(NC(=O)C(Cc1c[nH]c2ccccc12)NC(=O)C(Cc1ccc(O)cc1)NC(=O)C1CCCN1)C(=O)O. The van der Waals surface area contributed by atoms with Crippen molar-refractivity contribution in [3.63, 3.8) is 0 Å². The minimum absolute atomic E-state index is 0.0713. The van der Waals surface area contributed by atoms with Crippen molar-refractivity contribution in [2.24, 2.45) is 0 Å². The fourth-order valence-electron chi connectivity index (χ4n) is 4.64. The molecule has 3 amide bonds. The van der Waals surface area contributed by atoms with Crippen molar-refractivity contribution in [2.45, 2.75) is 56.8 Å². The number of phenols is 1. The molecule has 1 aromatic heterocycles. The molecule has 11 heteroatoms. The molecule has 1 saturated heterocycles. The average Bonchev–Trinajstić information content (AvgIpc) is 3.60. The predicted molar refractivity (Wildman–Crippen MR) is 144 cm³/mol. The summed E-state index contributed by atoms with van der Waals surface area (Å²) in [5.41, 5.74) is 2.33. The van der Waals surface area contributed by atoms with Crippen molar-refractivity contribution < 1.29 is 29.4 Å². The van der Waals surface area contributed by atoms with E-state index in [9.17, 15) is 29.4 Å². The number of hydrogen-bond donors (Lipinski definition) is 7. The molecule has 3 aromatic rings. The Morgan fingerprint density at radius 3 is 2.33 bits per heavy atom. The van der Waals surface area contributed by atoms with E-state index in [0.717, 1.165) is 22.9 Å². The number of carbonyl (C=O) groups is 4. The number of carboxylic acid groups (broad SMARTS) is 1. The number of carbonyl (C=O) groups excluding carboxylic acids is 3. The Balaban J connectivity index is 1.57. The summed E-state index contributed by atoms with van der Waals surface area (Å²) < 4.78 is 0. The van der Waals surface area contributed by atoms with Crippen molar-refractivity contribution in [3.05, 3.63) is 65.9 Å². The van der Waals surface area contributed by atoms with Gasteiger partial charge in [0.2, 0.25) is 17.7 Å². The van der Waals surface area contributed by atoms with Crippen LogP contribution in [0.1, 0.15) is 30.9 Å². The second-order valence-corrected chi connectivity index (χ2v) is 9.77. The molecule has 2 aromatic carbocycles. The van der Waals surface area contributed by atoms with E-state index in [0.29, 0.717) is 18.5 Å². The van der Waals surface area contributed by atoms with Gasteiger partial charge in [0.1, 0.15) is 23.9 Å². The van der Waals surface area contributed by atoms with E-state index in [1.165, 1.54) is 19.1 Å². The van der Waals surface area contributed by atoms with Crippen molar-refractivity contribution in [1.29, 1.82) is 0 Å². The molecule has 2 heterocycles. The summed E-state index contributed by atoms with van der Waals surface area (Å²) in [6.07, 6.45) is 3.47. The van der Waals surface area contributed by atoms with E-state index in [-0.39, 0.29) is 24.5 Å². The maximum Gasteiger partial charge on any atom is 0.325 e. The van der Waals surface area contributed by atoms with Gasteiger partial charge in [0, 0.05) is 29.9 Å². The molecular formula is C28H33N5O6. The number of benzene rings is 2. The van der Waals surface area contributed by atoms with Crippen LogP contribution >= 0.6 is 0 Å². The molecule has 4 atom stereocenters. The molecule has 4 rings (SSSR count). The summed E-state index contributed by atoms with van der Waals surface area (Å²) >= 11 is 0. The van der Waals surface area contributed by atoms with E-state index in [4.69, 9.17) is 0 Å². The molecule has 0 saturated carbocycles. The van der Waals surface area contributed by atoms with Gasteiger partial charge in [-0.1, -0.05) is 30.3 Å². The first-order valence-corrected chi connectivity index (χ1v) is 12.9. The van der Waals surface area contributed by atoms with Gasteiger partial charge in [-0.05, 0) is 55.6 Å². The molecule has 1 aliphatic rings. The fraction of sp³-hybridized carbons (Fsp3) is 0.357. The van der Waals surface area contributed by atoms with Crippen LogP contribution in [-0.4, -0.2) is 69.6 Å². The fourth-order valence-corrected chi connectivity index (χ4v) is 4.64. The zero-order chi connectivity index (χ0) is 27.9. The summed E-state index contributed by atoms with van der Waals surface area (Å²) in [7, 11) is 0. The van der Waals surface area contributed by atoms with E-state index in [1.54, 1.807) is 18.3 Å². The number of rotatable bonds is 11. The summed E-state index contributed by atoms with van der Waals surface area (Å²) in [5.74, 6) is -2.69. The Kier molecular flexibility index (Phi) is 8.82. The minimum atomic E-state index is -1.21. The van der Waals surface area contributed by atoms with Crippen LogP contribution in [-0.2, 0) is 32.0 Å². The second-order valence-electron chi connectivity index (χ2n) is 9.77. The molecule has 1 aliphatic heterocycles. The van der Waals surface area contributed by atoms with Gasteiger partial charge < -0.3 is 36.5 Å². The lowest BCUT2D eigenvalue weighted by atomic mass is 10.0. The maximum absolute atomic E-state index is 13.6. The van der Waals surface area contributed by atoms with Gasteiger partial charge in [0.05, 0.1) is 6.04 Å². The Labute approximate surface area is 225 Å². The van der Waals surface area contributed by atoms with Crippen LogP contribution in [0.25, 0.3) is 10.9 Å². The number of aromatic hydroxyl groups is 1. The molecule has 1 fully saturated rings. The van der Waals surface area contributed by atoms with Crippen LogP contribution in [0.15, 0.2) is 54.7 Å². The van der Waals surface area contributed by atoms with Crippen molar-refractivity contribution in [1.82, 2.24) is 26.3 Å². The Bertz CT molecular complexity index is 1330. The van der Waals surface area contributed by atoms with E-state index < -0.39 is 42.0 Å². The van der Waals surface area contributed by atoms with E-state index >= 15 is 0 Å². The van der Waals surface area contributed by atoms with Crippen LogP contribution in [0.2, 0.25) is 0 Å². The molecule has 206 valence electrons. The Morgan fingerprint density at radius 2 is 1.64 bits per heavy atom. The lowest BCUT2D eigenvalue weighted by Crippen LogP contribution is -2.57. The second kappa shape index (κ2) is 12.4. The first-order chi connectivity index (χ1) is 18.7. The highest BCUT2D eigenvalue weighted by atomic mass is 16.4. The topological polar surface area (TPSA) is 173 Å². The smallest absolute Gasteiger partial charge is 0.325 e. The molecule has 0 aliphatic carbocycles. The van der Waals surface area contributed by atoms with Gasteiger partial charge in [-0.25, -0.2) is 0 Å². The summed E-state index contributed by atoms with van der Waals surface area (Å²) in [6, 6.07) is 10.1. The lowest BCUT2D eigenvalue weighted by Gasteiger charge is -2.25. The number of para-hydroxylation sites is 1. The van der Waals surface area contributed by atoms with Gasteiger partial charge in [0.25, 0.3) is 0 Å². The molecular weight excluding hydrogens is 502 g/mol. The normalized spacial score (nSPS) is 17.2. The standard InChI is InChI=1S/C28H33N5O6/c1-16(28(38)39)31-26(36)24(14-18-15-30-21-6-3-2-5-20(18)21)33-27(37)23(13-17-8-10-19(34)11-9-17)32-25(35)22-7-4-12-29-22/h2-3,5-6,8-11,15-16,22-24,29-30,34H,4,7,12-14H2,1H3,(H,31,36)(H,32,35)(H,33,37)(H,38,39). The summed E-state index contributed by atoms with van der Waals surface area (Å²) in [4.78, 5) is 54.2. The number of phenolic OH excluding ortho intramolecular Hbond substituents is 1. The quantitative estimate of drug-likeness (QED) is 0.192. The molecule has 11 nitrogen and oxygen atoms in total. The van der Waals surface area contributed by atoms with Crippen LogP contribution in [0.4, 0.5) is 0 Å². The predicted octanol–water partition coefficient (Wildman–Crippen LogP) is 0.970. The van der Waals surface area contributed by atoms with E-state index in [1.807, 2.05) is 24.3 Å². The third-order valence-electron chi connectivity index (χ3n) is 6.85. The largest absolute Gasteiger partial charge is 0.508 e. The Morgan fingerprint density at radius 1 is 0.949 bits per heavy atom. The number of aliphatic carboxylic acids is 1. The highest BCUT2D eigenvalue weighted by molar-refractivity contribution is 5.95. The average molecular weight is 536 g/mol. The number of fused-ring (bicyclic) bond motifs is 1. The molecule has 4 unspecified atom stereocenters. The number of carboxylic acids is 1. The zero-order valence-corrected chi connectivity index (χ0v) is 21.6. The van der Waals surface area contributed by atoms with Crippen molar-refractivity contribution >= 4 is 34.6 Å². The van der Waals surface area contributed by atoms with Gasteiger partial charge in [-0.2, -0.15) is 0 Å². The van der Waals surface area contributed by atoms with Crippen molar-refractivity contribution in [2.75, 3.05) is 6.54 Å². The first kappa shape index (κ1) is 27.6. The molecule has 39 heavy (non-hydrogen) atoms. The summed E-state index contributed by atoms with van der Waals surface area (Å²) in [5, 5.41) is 30.9. The van der Waals surface area contributed by atoms with Gasteiger partial charge >= 0.3 is 5.97 Å². The molecule has 7 N–H and O–H groups in total. The first-order valence-electron chi connectivity index (χ1n) is 12.9. The monoisotopic (exact) mass is 535 g/mol. The zero-order valence-electron chi connectivity index (χ0n) is 21.6. The summed E-state index contributed by atoms with van der Waals surface area (Å²) in [6.45, 7) is 2.05. The highest BCUT2D eigenvalue weighted by Gasteiger charge is 2.31. The van der Waals surface area contributed by atoms with Gasteiger partial charge in [-0.3, -0.25) is 19.2 Å². The lowest BCUT2D eigenvalue weighted by molar-refractivity contribution is -0.141. The van der Waals surface area contributed by atoms with Crippen molar-refractivity contribution in [3.8, 4) is 5.75 Å². The minimum Gasteiger partial charge on any atom is -0.508 e. The van der Waals surface area contributed by atoms with Crippen LogP contribution in [0.3, 0.4) is 0 Å². The number of aromatic amines is 1. The van der Waals surface area contributed by atoms with Gasteiger partial charge in [0.15, 0.2) is 0 Å². The third kappa shape index (κ3) is 7.14. The number of aromatic nitrogens is 1. The Hall–Kier alpha value is -4.38. The van der Waals surface area contributed by atoms with Crippen LogP contribution in [0.5, 0.6) is 5.75 Å². The maximum atomic E-state index is 13.6. The molecule has 0 bridgehead atoms.